The monoisotopic (exact) mass is 405 g/mol. The number of urea groups is 1. The van der Waals surface area contributed by atoms with Gasteiger partial charge in [-0.25, -0.2) is 14.8 Å². The van der Waals surface area contributed by atoms with Crippen molar-refractivity contribution in [2.24, 2.45) is 5.73 Å². The molecule has 4 rings (SSSR count). The summed E-state index contributed by atoms with van der Waals surface area (Å²) in [6.45, 7) is 0. The zero-order chi connectivity index (χ0) is 20.4. The maximum atomic E-state index is 12.2. The van der Waals surface area contributed by atoms with Crippen molar-refractivity contribution in [3.63, 3.8) is 0 Å². The van der Waals surface area contributed by atoms with Gasteiger partial charge in [0.2, 0.25) is 0 Å². The summed E-state index contributed by atoms with van der Waals surface area (Å²) in [5.41, 5.74) is 14.2. The highest BCUT2D eigenvalue weighted by Gasteiger charge is 2.19. The van der Waals surface area contributed by atoms with Crippen LogP contribution in [-0.2, 0) is 0 Å². The van der Waals surface area contributed by atoms with Crippen LogP contribution in [-0.4, -0.2) is 26.9 Å². The number of aromatic nitrogens is 3. The number of benzene rings is 1. The van der Waals surface area contributed by atoms with Crippen molar-refractivity contribution in [2.45, 2.75) is 0 Å². The van der Waals surface area contributed by atoms with Gasteiger partial charge in [-0.2, -0.15) is 0 Å². The molecule has 0 spiro atoms. The van der Waals surface area contributed by atoms with Crippen LogP contribution in [0.2, 0.25) is 0 Å². The lowest BCUT2D eigenvalue weighted by Crippen LogP contribution is -2.19. The highest BCUT2D eigenvalue weighted by atomic mass is 32.1. The van der Waals surface area contributed by atoms with Gasteiger partial charge in [-0.05, 0) is 24.3 Å². The molecule has 0 saturated heterocycles. The van der Waals surface area contributed by atoms with Gasteiger partial charge in [0.25, 0.3) is 5.91 Å². The predicted octanol–water partition coefficient (Wildman–Crippen LogP) is 3.08. The number of carbonyl (C=O) groups is 2. The Bertz CT molecular complexity index is 1220. The van der Waals surface area contributed by atoms with E-state index in [1.807, 2.05) is 6.07 Å². The van der Waals surface area contributed by atoms with Gasteiger partial charge in [0, 0.05) is 29.3 Å². The van der Waals surface area contributed by atoms with E-state index < -0.39 is 11.9 Å². The summed E-state index contributed by atoms with van der Waals surface area (Å²) in [7, 11) is 0. The third kappa shape index (κ3) is 3.69. The molecule has 29 heavy (non-hydrogen) atoms. The molecule has 0 radical (unpaired) electrons. The van der Waals surface area contributed by atoms with Crippen LogP contribution in [0.15, 0.2) is 55.1 Å². The van der Waals surface area contributed by atoms with Crippen molar-refractivity contribution < 1.29 is 9.59 Å². The Morgan fingerprint density at radius 3 is 2.52 bits per heavy atom. The van der Waals surface area contributed by atoms with Gasteiger partial charge < -0.3 is 22.1 Å². The van der Waals surface area contributed by atoms with Crippen LogP contribution in [0.25, 0.3) is 21.5 Å². The van der Waals surface area contributed by atoms with E-state index in [4.69, 9.17) is 11.5 Å². The summed E-state index contributed by atoms with van der Waals surface area (Å²) in [6, 6.07) is 10.1. The summed E-state index contributed by atoms with van der Waals surface area (Å²) < 4.78 is 0. The number of carbonyl (C=O) groups excluding carboxylic acids is 2. The Balaban J connectivity index is 1.65. The first-order valence-corrected chi connectivity index (χ1v) is 9.26. The zero-order valence-corrected chi connectivity index (χ0v) is 15.7. The van der Waals surface area contributed by atoms with E-state index in [2.05, 4.69) is 25.6 Å². The van der Waals surface area contributed by atoms with E-state index in [0.717, 1.165) is 11.3 Å². The third-order valence-corrected chi connectivity index (χ3v) is 5.21. The minimum Gasteiger partial charge on any atom is -0.397 e. The van der Waals surface area contributed by atoms with Gasteiger partial charge in [0.05, 0.1) is 16.8 Å². The molecule has 10 heteroatoms. The zero-order valence-electron chi connectivity index (χ0n) is 14.9. The van der Waals surface area contributed by atoms with Crippen molar-refractivity contribution >= 4 is 50.6 Å². The van der Waals surface area contributed by atoms with Crippen LogP contribution < -0.4 is 22.1 Å². The molecular formula is C19H15N7O2S. The van der Waals surface area contributed by atoms with Crippen molar-refractivity contribution in [1.29, 1.82) is 0 Å². The number of fused-ring (bicyclic) bond motifs is 1. The van der Waals surface area contributed by atoms with E-state index >= 15 is 0 Å². The molecule has 0 unspecified atom stereocenters. The number of rotatable bonds is 4. The number of nitrogens with two attached hydrogens (primary N) is 2. The van der Waals surface area contributed by atoms with Crippen molar-refractivity contribution in [3.8, 4) is 11.3 Å². The summed E-state index contributed by atoms with van der Waals surface area (Å²) in [4.78, 5) is 37.1. The normalized spacial score (nSPS) is 10.6. The SMILES string of the molecule is NC(=O)c1sc2ncnc(-c3cccc(NC(=O)Nc4ccncc4)c3)c2c1N. The van der Waals surface area contributed by atoms with Crippen molar-refractivity contribution in [2.75, 3.05) is 16.4 Å². The fourth-order valence-corrected chi connectivity index (χ4v) is 3.74. The first-order chi connectivity index (χ1) is 14.0. The number of hydrogen-bond acceptors (Lipinski definition) is 7. The van der Waals surface area contributed by atoms with Crippen molar-refractivity contribution in [1.82, 2.24) is 15.0 Å². The van der Waals surface area contributed by atoms with Crippen LogP contribution in [0, 0.1) is 0 Å². The second kappa shape index (κ2) is 7.52. The standard InChI is InChI=1S/C19H15N7O2S/c20-14-13-15(23-9-24-18(13)29-16(14)17(21)27)10-2-1-3-12(8-10)26-19(28)25-11-4-6-22-7-5-11/h1-9H,20H2,(H2,21,27)(H2,22,25,26,28). The molecule has 144 valence electrons. The molecule has 0 fully saturated rings. The van der Waals surface area contributed by atoms with E-state index in [1.54, 1.807) is 42.7 Å². The highest BCUT2D eigenvalue weighted by Crippen LogP contribution is 2.37. The molecule has 0 bridgehead atoms. The summed E-state index contributed by atoms with van der Waals surface area (Å²) in [5.74, 6) is -0.611. The fourth-order valence-electron chi connectivity index (χ4n) is 2.83. The number of thiophene rings is 1. The van der Waals surface area contributed by atoms with E-state index in [0.29, 0.717) is 32.8 Å². The van der Waals surface area contributed by atoms with E-state index in [1.165, 1.54) is 6.33 Å². The number of amides is 3. The van der Waals surface area contributed by atoms with Gasteiger partial charge >= 0.3 is 6.03 Å². The Morgan fingerprint density at radius 1 is 1.00 bits per heavy atom. The van der Waals surface area contributed by atoms with Crippen molar-refractivity contribution in [3.05, 3.63) is 60.0 Å². The molecule has 3 heterocycles. The molecule has 4 aromatic rings. The number of primary amides is 1. The Morgan fingerprint density at radius 2 is 1.76 bits per heavy atom. The number of hydrogen-bond donors (Lipinski definition) is 4. The molecule has 1 aromatic carbocycles. The molecule has 0 aliphatic rings. The van der Waals surface area contributed by atoms with Gasteiger partial charge in [0.15, 0.2) is 0 Å². The van der Waals surface area contributed by atoms with Crippen LogP contribution in [0.3, 0.4) is 0 Å². The van der Waals surface area contributed by atoms with Gasteiger partial charge in [-0.15, -0.1) is 11.3 Å². The van der Waals surface area contributed by atoms with Crippen LogP contribution in [0.1, 0.15) is 9.67 Å². The minimum atomic E-state index is -0.611. The average molecular weight is 405 g/mol. The maximum absolute atomic E-state index is 12.2. The lowest BCUT2D eigenvalue weighted by molar-refractivity contribution is 0.100. The van der Waals surface area contributed by atoms with Gasteiger partial charge in [-0.3, -0.25) is 9.78 Å². The molecule has 0 aliphatic carbocycles. The lowest BCUT2D eigenvalue weighted by atomic mass is 10.1. The summed E-state index contributed by atoms with van der Waals surface area (Å²) in [5, 5.41) is 6.05. The van der Waals surface area contributed by atoms with Crippen LogP contribution in [0.4, 0.5) is 21.9 Å². The Labute approximate surface area is 168 Å². The fraction of sp³-hybridized carbons (Fsp3) is 0. The Kier molecular flexibility index (Phi) is 4.75. The third-order valence-electron chi connectivity index (χ3n) is 4.08. The first kappa shape index (κ1) is 18.3. The number of nitrogen functional groups attached to an aromatic ring is 1. The Hall–Kier alpha value is -4.05. The number of pyridine rings is 1. The summed E-state index contributed by atoms with van der Waals surface area (Å²) >= 11 is 1.12. The van der Waals surface area contributed by atoms with Crippen LogP contribution >= 0.6 is 11.3 Å². The second-order valence-corrected chi connectivity index (χ2v) is 7.01. The molecule has 9 nitrogen and oxygen atoms in total. The second-order valence-electron chi connectivity index (χ2n) is 6.01. The average Bonchev–Trinajstić information content (AvgIpc) is 3.06. The molecule has 6 N–H and O–H groups in total. The maximum Gasteiger partial charge on any atom is 0.323 e. The number of nitrogens with zero attached hydrogens (tertiary/aromatic N) is 3. The number of anilines is 3. The molecule has 3 amide bonds. The summed E-state index contributed by atoms with van der Waals surface area (Å²) in [6.07, 6.45) is 4.57. The minimum absolute atomic E-state index is 0.243. The van der Waals surface area contributed by atoms with E-state index in [9.17, 15) is 9.59 Å². The predicted molar refractivity (Wildman–Crippen MR) is 113 cm³/mol. The molecule has 3 aromatic heterocycles. The van der Waals surface area contributed by atoms with Gasteiger partial charge in [-0.1, -0.05) is 12.1 Å². The molecular weight excluding hydrogens is 390 g/mol. The van der Waals surface area contributed by atoms with E-state index in [-0.39, 0.29) is 10.6 Å². The molecule has 0 atom stereocenters. The highest BCUT2D eigenvalue weighted by molar-refractivity contribution is 7.21. The topological polar surface area (TPSA) is 149 Å². The van der Waals surface area contributed by atoms with Crippen LogP contribution in [0.5, 0.6) is 0 Å². The smallest absolute Gasteiger partial charge is 0.323 e. The molecule has 0 aliphatic heterocycles. The van der Waals surface area contributed by atoms with Gasteiger partial charge in [0.1, 0.15) is 16.0 Å². The largest absolute Gasteiger partial charge is 0.397 e. The first-order valence-electron chi connectivity index (χ1n) is 8.44. The number of nitrogens with one attached hydrogen (secondary N) is 2. The lowest BCUT2D eigenvalue weighted by Gasteiger charge is -2.09. The quantitative estimate of drug-likeness (QED) is 0.410. The molecule has 0 saturated carbocycles.